The summed E-state index contributed by atoms with van der Waals surface area (Å²) in [5.74, 6) is 2.74. The molecule has 3 N–H and O–H groups in total. The Balaban J connectivity index is 1.89. The minimum atomic E-state index is -4.38. The predicted molar refractivity (Wildman–Crippen MR) is 107 cm³/mol. The Morgan fingerprint density at radius 3 is 2.25 bits per heavy atom. The molecule has 1 aliphatic rings. The van der Waals surface area contributed by atoms with Gasteiger partial charge in [-0.3, -0.25) is 10.1 Å². The first-order valence-corrected chi connectivity index (χ1v) is 12.3. The van der Waals surface area contributed by atoms with Crippen LogP contribution in [-0.4, -0.2) is 26.6 Å². The van der Waals surface area contributed by atoms with E-state index in [2.05, 4.69) is 36.4 Å². The topological polar surface area (TPSA) is 65.0 Å². The smallest absolute Gasteiger partial charge is 0.398 e. The van der Waals surface area contributed by atoms with Crippen LogP contribution in [0.15, 0.2) is 42.5 Å². The third-order valence-corrected chi connectivity index (χ3v) is 5.41. The maximum absolute atomic E-state index is 13.2. The maximum atomic E-state index is 13.2. The van der Waals surface area contributed by atoms with Crippen molar-refractivity contribution in [3.05, 3.63) is 64.7 Å². The summed E-state index contributed by atoms with van der Waals surface area (Å²) >= 11 is 0. The average molecular weight is 402 g/mol. The van der Waals surface area contributed by atoms with Gasteiger partial charge in [-0.25, -0.2) is 0 Å². The number of alkyl halides is 3. The lowest BCUT2D eigenvalue weighted by molar-refractivity contribution is -0.161. The van der Waals surface area contributed by atoms with E-state index in [1.165, 1.54) is 24.3 Å². The SMILES string of the molecule is C[Si](C)(C)C#Cc1ccc(N)c(C(=O)c2ccc(C3(C(F)(F)F)CN3)cc2)c1. The molecule has 0 aliphatic carbocycles. The highest BCUT2D eigenvalue weighted by Crippen LogP contribution is 2.45. The molecule has 1 atom stereocenters. The summed E-state index contributed by atoms with van der Waals surface area (Å²) in [5, 5.41) is 2.39. The van der Waals surface area contributed by atoms with Gasteiger partial charge in [0, 0.05) is 28.9 Å². The number of nitrogen functional groups attached to an aromatic ring is 1. The Kier molecular flexibility index (Phi) is 4.90. The molecule has 3 rings (SSSR count). The molecule has 0 spiro atoms. The van der Waals surface area contributed by atoms with Crippen molar-refractivity contribution in [3.63, 3.8) is 0 Å². The molecule has 146 valence electrons. The number of hydrogen-bond acceptors (Lipinski definition) is 3. The summed E-state index contributed by atoms with van der Waals surface area (Å²) in [5.41, 5.74) is 8.86. The highest BCUT2D eigenvalue weighted by molar-refractivity contribution is 6.83. The van der Waals surface area contributed by atoms with Crippen LogP contribution in [0.5, 0.6) is 0 Å². The lowest BCUT2D eigenvalue weighted by Crippen LogP contribution is -2.33. The van der Waals surface area contributed by atoms with E-state index >= 15 is 0 Å². The molecule has 0 amide bonds. The second-order valence-corrected chi connectivity index (χ2v) is 12.7. The fraction of sp³-hybridized carbons (Fsp3) is 0.286. The molecule has 2 aromatic rings. The number of ketones is 1. The minimum absolute atomic E-state index is 0.0966. The van der Waals surface area contributed by atoms with Gasteiger partial charge in [0.15, 0.2) is 11.3 Å². The monoisotopic (exact) mass is 402 g/mol. The largest absolute Gasteiger partial charge is 0.412 e. The van der Waals surface area contributed by atoms with Gasteiger partial charge in [0.2, 0.25) is 0 Å². The van der Waals surface area contributed by atoms with E-state index in [0.29, 0.717) is 16.8 Å². The molecule has 1 aliphatic heterocycles. The van der Waals surface area contributed by atoms with Crippen LogP contribution in [0, 0.1) is 11.5 Å². The molecule has 1 unspecified atom stereocenters. The van der Waals surface area contributed by atoms with Gasteiger partial charge >= 0.3 is 6.18 Å². The molecule has 2 aromatic carbocycles. The fourth-order valence-corrected chi connectivity index (χ4v) is 3.33. The number of carbonyl (C=O) groups excluding carboxylic acids is 1. The number of carbonyl (C=O) groups is 1. The number of benzene rings is 2. The summed E-state index contributed by atoms with van der Waals surface area (Å²) in [7, 11) is -1.57. The van der Waals surface area contributed by atoms with Crippen molar-refractivity contribution in [1.29, 1.82) is 0 Å². The molecule has 0 bridgehead atoms. The normalized spacial score (nSPS) is 18.9. The van der Waals surface area contributed by atoms with Crippen LogP contribution in [0.4, 0.5) is 18.9 Å². The van der Waals surface area contributed by atoms with Crippen molar-refractivity contribution in [3.8, 4) is 11.5 Å². The van der Waals surface area contributed by atoms with E-state index < -0.39 is 19.8 Å². The third-order valence-electron chi connectivity index (χ3n) is 4.53. The second-order valence-electron chi connectivity index (χ2n) is 7.97. The number of nitrogens with two attached hydrogens (primary N) is 1. The lowest BCUT2D eigenvalue weighted by Gasteiger charge is -2.18. The van der Waals surface area contributed by atoms with Gasteiger partial charge in [-0.15, -0.1) is 5.54 Å². The summed E-state index contributed by atoms with van der Waals surface area (Å²) in [4.78, 5) is 12.8. The van der Waals surface area contributed by atoms with E-state index in [1.54, 1.807) is 18.2 Å². The minimum Gasteiger partial charge on any atom is -0.398 e. The van der Waals surface area contributed by atoms with E-state index in [9.17, 15) is 18.0 Å². The number of hydrogen-bond donors (Lipinski definition) is 2. The van der Waals surface area contributed by atoms with Crippen molar-refractivity contribution < 1.29 is 18.0 Å². The fourth-order valence-electron chi connectivity index (χ4n) is 2.81. The van der Waals surface area contributed by atoms with Crippen molar-refractivity contribution in [2.45, 2.75) is 31.4 Å². The maximum Gasteiger partial charge on any atom is 0.412 e. The molecule has 0 saturated carbocycles. The van der Waals surface area contributed by atoms with E-state index in [0.717, 1.165) is 0 Å². The lowest BCUT2D eigenvalue weighted by atomic mass is 9.94. The van der Waals surface area contributed by atoms with Crippen LogP contribution in [0.25, 0.3) is 0 Å². The van der Waals surface area contributed by atoms with Crippen molar-refractivity contribution in [2.24, 2.45) is 0 Å². The average Bonchev–Trinajstić information content (AvgIpc) is 3.42. The predicted octanol–water partition coefficient (Wildman–Crippen LogP) is 4.09. The van der Waals surface area contributed by atoms with Crippen LogP contribution in [0.3, 0.4) is 0 Å². The summed E-state index contributed by atoms with van der Waals surface area (Å²) in [6.45, 7) is 6.20. The van der Waals surface area contributed by atoms with Crippen LogP contribution in [-0.2, 0) is 5.54 Å². The highest BCUT2D eigenvalue weighted by atomic mass is 28.3. The Bertz CT molecular complexity index is 976. The Morgan fingerprint density at radius 1 is 1.14 bits per heavy atom. The van der Waals surface area contributed by atoms with E-state index in [-0.39, 0.29) is 23.5 Å². The van der Waals surface area contributed by atoms with Crippen molar-refractivity contribution in [1.82, 2.24) is 5.32 Å². The molecule has 28 heavy (non-hydrogen) atoms. The highest BCUT2D eigenvalue weighted by Gasteiger charge is 2.64. The number of nitrogens with one attached hydrogen (secondary N) is 1. The molecule has 0 radical (unpaired) electrons. The summed E-state index contributed by atoms with van der Waals surface area (Å²) < 4.78 is 39.6. The third kappa shape index (κ3) is 3.98. The molecule has 0 aromatic heterocycles. The van der Waals surface area contributed by atoms with Crippen LogP contribution in [0.1, 0.15) is 27.0 Å². The van der Waals surface area contributed by atoms with E-state index in [4.69, 9.17) is 5.73 Å². The van der Waals surface area contributed by atoms with Crippen LogP contribution < -0.4 is 11.1 Å². The second kappa shape index (κ2) is 6.80. The molecular weight excluding hydrogens is 381 g/mol. The van der Waals surface area contributed by atoms with E-state index in [1.807, 2.05) is 0 Å². The van der Waals surface area contributed by atoms with Gasteiger partial charge in [0.05, 0.1) is 0 Å². The van der Waals surface area contributed by atoms with Gasteiger partial charge < -0.3 is 5.73 Å². The van der Waals surface area contributed by atoms with Gasteiger partial charge in [-0.1, -0.05) is 49.8 Å². The van der Waals surface area contributed by atoms with Crippen LogP contribution in [0.2, 0.25) is 19.6 Å². The Morgan fingerprint density at radius 2 is 1.75 bits per heavy atom. The molecular formula is C21H21F3N2OSi. The van der Waals surface area contributed by atoms with Gasteiger partial charge in [0.1, 0.15) is 8.07 Å². The number of anilines is 1. The zero-order valence-corrected chi connectivity index (χ0v) is 16.9. The standard InChI is InChI=1S/C21H21F3N2OSi/c1-28(2,3)11-10-14-4-9-18(25)17(12-14)19(27)15-5-7-16(8-6-15)20(13-26-20)21(22,23)24/h4-9,12,26H,13,25H2,1-3H3. The van der Waals surface area contributed by atoms with Gasteiger partial charge in [0.25, 0.3) is 0 Å². The molecule has 1 fully saturated rings. The molecule has 7 heteroatoms. The number of halogens is 3. The molecule has 1 saturated heterocycles. The summed E-state index contributed by atoms with van der Waals surface area (Å²) in [6.07, 6.45) is -4.38. The molecule has 3 nitrogen and oxygen atoms in total. The van der Waals surface area contributed by atoms with Crippen molar-refractivity contribution >= 4 is 19.5 Å². The van der Waals surface area contributed by atoms with Crippen LogP contribution >= 0.6 is 0 Å². The first kappa shape index (κ1) is 20.2. The first-order valence-electron chi connectivity index (χ1n) is 8.83. The quantitative estimate of drug-likeness (QED) is 0.267. The number of rotatable bonds is 3. The van der Waals surface area contributed by atoms with Gasteiger partial charge in [-0.05, 0) is 23.8 Å². The van der Waals surface area contributed by atoms with Crippen molar-refractivity contribution in [2.75, 3.05) is 12.3 Å². The summed E-state index contributed by atoms with van der Waals surface area (Å²) in [6, 6.07) is 10.5. The Labute approximate surface area is 163 Å². The first-order chi connectivity index (χ1) is 12.9. The van der Waals surface area contributed by atoms with Gasteiger partial charge in [-0.2, -0.15) is 13.2 Å². The zero-order valence-electron chi connectivity index (χ0n) is 15.9. The molecule has 1 heterocycles. The zero-order chi connectivity index (χ0) is 20.7. The Hall–Kier alpha value is -2.56.